The Morgan fingerprint density at radius 3 is 2.35 bits per heavy atom. The van der Waals surface area contributed by atoms with Crippen molar-refractivity contribution in [1.29, 1.82) is 0 Å². The van der Waals surface area contributed by atoms with E-state index in [1.54, 1.807) is 24.3 Å². The van der Waals surface area contributed by atoms with Crippen molar-refractivity contribution < 1.29 is 19.8 Å². The molecule has 0 fully saturated rings. The molecule has 0 aliphatic rings. The van der Waals surface area contributed by atoms with Gasteiger partial charge in [0.05, 0.1) is 0 Å². The van der Waals surface area contributed by atoms with Crippen LogP contribution in [0.1, 0.15) is 12.5 Å². The van der Waals surface area contributed by atoms with Crippen LogP contribution in [0.2, 0.25) is 0 Å². The number of aliphatic hydroxyl groups is 1. The molecule has 0 saturated heterocycles. The van der Waals surface area contributed by atoms with Gasteiger partial charge in [-0.05, 0) is 17.7 Å². The third-order valence-electron chi connectivity index (χ3n) is 1.68. The van der Waals surface area contributed by atoms with Gasteiger partial charge in [-0.25, -0.2) is 4.79 Å². The number of carboxylic acid groups (broad SMARTS) is 1. The number of benzene rings is 1. The standard InChI is InChI=1S/C11H11NO3.CH4O/c1-8(13)12-10-5-3-2-4-9(10)6-7-11(14)15;1-2/h2-7H,1H3,(H,12,13)(H,14,15);2H,1H3. The van der Waals surface area contributed by atoms with Gasteiger partial charge in [-0.2, -0.15) is 0 Å². The van der Waals surface area contributed by atoms with Crippen LogP contribution in [0.4, 0.5) is 5.69 Å². The van der Waals surface area contributed by atoms with Crippen LogP contribution in [0, 0.1) is 0 Å². The molecule has 0 unspecified atom stereocenters. The Balaban J connectivity index is 0.00000121. The van der Waals surface area contributed by atoms with E-state index in [4.69, 9.17) is 10.2 Å². The number of amides is 1. The van der Waals surface area contributed by atoms with Crippen molar-refractivity contribution >= 4 is 23.6 Å². The van der Waals surface area contributed by atoms with E-state index in [1.807, 2.05) is 0 Å². The van der Waals surface area contributed by atoms with Gasteiger partial charge in [0.1, 0.15) is 0 Å². The zero-order chi connectivity index (χ0) is 13.3. The van der Waals surface area contributed by atoms with E-state index in [0.29, 0.717) is 11.3 Å². The number of carboxylic acids is 1. The number of anilines is 1. The first-order valence-corrected chi connectivity index (χ1v) is 4.82. The van der Waals surface area contributed by atoms with Gasteiger partial charge in [0.2, 0.25) is 5.91 Å². The summed E-state index contributed by atoms with van der Waals surface area (Å²) in [5.74, 6) is -1.21. The van der Waals surface area contributed by atoms with Gasteiger partial charge in [-0.15, -0.1) is 0 Å². The quantitative estimate of drug-likeness (QED) is 0.692. The summed E-state index contributed by atoms with van der Waals surface area (Å²) in [5.41, 5.74) is 1.26. The van der Waals surface area contributed by atoms with Crippen LogP contribution in [0.5, 0.6) is 0 Å². The Morgan fingerprint density at radius 1 is 1.24 bits per heavy atom. The molecular weight excluding hydrogens is 222 g/mol. The van der Waals surface area contributed by atoms with E-state index < -0.39 is 5.97 Å². The zero-order valence-corrected chi connectivity index (χ0v) is 9.68. The van der Waals surface area contributed by atoms with Crippen molar-refractivity contribution in [2.75, 3.05) is 12.4 Å². The third-order valence-corrected chi connectivity index (χ3v) is 1.68. The number of carbonyl (C=O) groups excluding carboxylic acids is 1. The van der Waals surface area contributed by atoms with Crippen LogP contribution in [0.3, 0.4) is 0 Å². The smallest absolute Gasteiger partial charge is 0.328 e. The Labute approximate surface area is 99.4 Å². The number of nitrogens with one attached hydrogen (secondary N) is 1. The minimum Gasteiger partial charge on any atom is -0.478 e. The number of aliphatic carboxylic acids is 1. The molecule has 0 atom stereocenters. The first-order valence-electron chi connectivity index (χ1n) is 4.82. The molecule has 0 bridgehead atoms. The van der Waals surface area contributed by atoms with Crippen molar-refractivity contribution in [3.63, 3.8) is 0 Å². The molecule has 5 heteroatoms. The molecule has 0 aliphatic heterocycles. The Kier molecular flexibility index (Phi) is 7.05. The minimum absolute atomic E-state index is 0.189. The molecule has 5 nitrogen and oxygen atoms in total. The Bertz CT molecular complexity index is 413. The predicted molar refractivity (Wildman–Crippen MR) is 65.6 cm³/mol. The van der Waals surface area contributed by atoms with Gasteiger partial charge in [-0.3, -0.25) is 4.79 Å². The third kappa shape index (κ3) is 6.11. The average molecular weight is 237 g/mol. The maximum Gasteiger partial charge on any atom is 0.328 e. The van der Waals surface area contributed by atoms with Gasteiger partial charge in [0.15, 0.2) is 0 Å². The molecule has 17 heavy (non-hydrogen) atoms. The van der Waals surface area contributed by atoms with Crippen LogP contribution in [0.25, 0.3) is 6.08 Å². The fraction of sp³-hybridized carbons (Fsp3) is 0.167. The van der Waals surface area contributed by atoms with E-state index in [1.165, 1.54) is 13.0 Å². The van der Waals surface area contributed by atoms with E-state index in [0.717, 1.165) is 13.2 Å². The van der Waals surface area contributed by atoms with Gasteiger partial charge >= 0.3 is 5.97 Å². The lowest BCUT2D eigenvalue weighted by atomic mass is 10.1. The van der Waals surface area contributed by atoms with Crippen LogP contribution in [-0.2, 0) is 9.59 Å². The summed E-state index contributed by atoms with van der Waals surface area (Å²) >= 11 is 0. The second-order valence-corrected chi connectivity index (χ2v) is 2.94. The van der Waals surface area contributed by atoms with E-state index in [2.05, 4.69) is 5.32 Å². The number of carbonyl (C=O) groups is 2. The van der Waals surface area contributed by atoms with E-state index >= 15 is 0 Å². The van der Waals surface area contributed by atoms with Crippen LogP contribution in [0.15, 0.2) is 30.3 Å². The summed E-state index contributed by atoms with van der Waals surface area (Å²) in [6, 6.07) is 6.98. The summed E-state index contributed by atoms with van der Waals surface area (Å²) in [7, 11) is 1.00. The van der Waals surface area contributed by atoms with Crippen molar-refractivity contribution in [1.82, 2.24) is 0 Å². The second-order valence-electron chi connectivity index (χ2n) is 2.94. The molecule has 0 heterocycles. The Morgan fingerprint density at radius 2 is 1.82 bits per heavy atom. The van der Waals surface area contributed by atoms with Crippen molar-refractivity contribution in [2.45, 2.75) is 6.92 Å². The molecule has 1 amide bonds. The first kappa shape index (κ1) is 14.9. The summed E-state index contributed by atoms with van der Waals surface area (Å²) < 4.78 is 0. The average Bonchev–Trinajstić information content (AvgIpc) is 2.30. The predicted octanol–water partition coefficient (Wildman–Crippen LogP) is 1.35. The SMILES string of the molecule is CC(=O)Nc1ccccc1C=CC(=O)O.CO. The second kappa shape index (κ2) is 8.06. The summed E-state index contributed by atoms with van der Waals surface area (Å²) in [6.45, 7) is 1.40. The monoisotopic (exact) mass is 237 g/mol. The molecule has 1 aromatic carbocycles. The minimum atomic E-state index is -1.02. The zero-order valence-electron chi connectivity index (χ0n) is 9.68. The number of aliphatic hydroxyl groups excluding tert-OH is 1. The molecule has 0 spiro atoms. The molecule has 3 N–H and O–H groups in total. The highest BCUT2D eigenvalue weighted by atomic mass is 16.4. The molecule has 0 aliphatic carbocycles. The summed E-state index contributed by atoms with van der Waals surface area (Å²) in [4.78, 5) is 21.2. The van der Waals surface area contributed by atoms with Crippen molar-refractivity contribution in [3.05, 3.63) is 35.9 Å². The maximum absolute atomic E-state index is 10.9. The van der Waals surface area contributed by atoms with E-state index in [-0.39, 0.29) is 5.91 Å². The molecule has 0 saturated carbocycles. The first-order chi connectivity index (χ1) is 8.09. The highest BCUT2D eigenvalue weighted by molar-refractivity contribution is 5.93. The molecule has 1 rings (SSSR count). The van der Waals surface area contributed by atoms with Gasteiger partial charge < -0.3 is 15.5 Å². The fourth-order valence-corrected chi connectivity index (χ4v) is 1.11. The maximum atomic E-state index is 10.9. The highest BCUT2D eigenvalue weighted by Crippen LogP contribution is 2.16. The fourth-order valence-electron chi connectivity index (χ4n) is 1.11. The van der Waals surface area contributed by atoms with Crippen LogP contribution >= 0.6 is 0 Å². The van der Waals surface area contributed by atoms with Gasteiger partial charge in [0.25, 0.3) is 0 Å². The number of rotatable bonds is 3. The largest absolute Gasteiger partial charge is 0.478 e. The topological polar surface area (TPSA) is 86.6 Å². The number of hydrogen-bond acceptors (Lipinski definition) is 3. The van der Waals surface area contributed by atoms with Gasteiger partial charge in [0, 0.05) is 25.8 Å². The molecule has 0 radical (unpaired) electrons. The van der Waals surface area contributed by atoms with Crippen LogP contribution < -0.4 is 5.32 Å². The lowest BCUT2D eigenvalue weighted by Gasteiger charge is -2.05. The normalized spacial score (nSPS) is 9.35. The molecule has 92 valence electrons. The summed E-state index contributed by atoms with van der Waals surface area (Å²) in [5, 5.41) is 18.1. The summed E-state index contributed by atoms with van der Waals surface area (Å²) in [6.07, 6.45) is 2.47. The number of para-hydroxylation sites is 1. The van der Waals surface area contributed by atoms with Crippen molar-refractivity contribution in [3.8, 4) is 0 Å². The van der Waals surface area contributed by atoms with E-state index in [9.17, 15) is 9.59 Å². The number of hydrogen-bond donors (Lipinski definition) is 3. The van der Waals surface area contributed by atoms with Gasteiger partial charge in [-0.1, -0.05) is 18.2 Å². The molecular formula is C12H15NO4. The lowest BCUT2D eigenvalue weighted by molar-refractivity contribution is -0.131. The van der Waals surface area contributed by atoms with Crippen LogP contribution in [-0.4, -0.2) is 29.2 Å². The molecule has 1 aromatic rings. The highest BCUT2D eigenvalue weighted by Gasteiger charge is 2.00. The lowest BCUT2D eigenvalue weighted by Crippen LogP contribution is -2.06. The Hall–Kier alpha value is -2.14. The molecule has 0 aromatic heterocycles. The van der Waals surface area contributed by atoms with Crippen molar-refractivity contribution in [2.24, 2.45) is 0 Å².